The largest absolute Gasteiger partial charge is 0.383 e. The number of nitrogens with two attached hydrogens (primary N) is 1. The van der Waals surface area contributed by atoms with Gasteiger partial charge in [0, 0.05) is 25.2 Å². The maximum absolute atomic E-state index is 5.88. The fourth-order valence-electron chi connectivity index (χ4n) is 3.22. The highest BCUT2D eigenvalue weighted by Crippen LogP contribution is 2.26. The summed E-state index contributed by atoms with van der Waals surface area (Å²) in [6, 6.07) is 2.59. The summed E-state index contributed by atoms with van der Waals surface area (Å²) in [6.07, 6.45) is 7.32. The van der Waals surface area contributed by atoms with Gasteiger partial charge in [-0.2, -0.15) is 0 Å². The molecule has 2 N–H and O–H groups in total. The smallest absolute Gasteiger partial charge is 0.191 e. The SMILES string of the molecule is CSc1nc(N)cc(N2CCC(N3CCCCC3)C2)n1. The van der Waals surface area contributed by atoms with Crippen LogP contribution in [0.25, 0.3) is 0 Å². The number of hydrogen-bond donors (Lipinski definition) is 1. The van der Waals surface area contributed by atoms with E-state index in [2.05, 4.69) is 19.8 Å². The van der Waals surface area contributed by atoms with Crippen molar-refractivity contribution in [1.29, 1.82) is 0 Å². The average Bonchev–Trinajstić information content (AvgIpc) is 2.97. The monoisotopic (exact) mass is 293 g/mol. The topological polar surface area (TPSA) is 58.3 Å². The van der Waals surface area contributed by atoms with Crippen molar-refractivity contribution in [3.05, 3.63) is 6.07 Å². The zero-order valence-electron chi connectivity index (χ0n) is 12.1. The van der Waals surface area contributed by atoms with Crippen LogP contribution in [-0.4, -0.2) is 53.3 Å². The van der Waals surface area contributed by atoms with Gasteiger partial charge in [-0.1, -0.05) is 18.2 Å². The Labute approximate surface area is 124 Å². The quantitative estimate of drug-likeness (QED) is 0.678. The molecule has 110 valence electrons. The van der Waals surface area contributed by atoms with Crippen LogP contribution in [0, 0.1) is 0 Å². The Balaban J connectivity index is 1.68. The highest BCUT2D eigenvalue weighted by Gasteiger charge is 2.29. The Morgan fingerprint density at radius 1 is 1.20 bits per heavy atom. The van der Waals surface area contributed by atoms with Gasteiger partial charge in [0.15, 0.2) is 5.16 Å². The highest BCUT2D eigenvalue weighted by molar-refractivity contribution is 7.98. The van der Waals surface area contributed by atoms with Crippen molar-refractivity contribution < 1.29 is 0 Å². The Morgan fingerprint density at radius 3 is 2.75 bits per heavy atom. The fraction of sp³-hybridized carbons (Fsp3) is 0.714. The van der Waals surface area contributed by atoms with Gasteiger partial charge < -0.3 is 10.6 Å². The van der Waals surface area contributed by atoms with Crippen molar-refractivity contribution in [3.63, 3.8) is 0 Å². The molecule has 0 bridgehead atoms. The van der Waals surface area contributed by atoms with E-state index in [0.29, 0.717) is 11.9 Å². The van der Waals surface area contributed by atoms with Crippen LogP contribution in [0.3, 0.4) is 0 Å². The van der Waals surface area contributed by atoms with E-state index < -0.39 is 0 Å². The van der Waals surface area contributed by atoms with Crippen molar-refractivity contribution in [2.24, 2.45) is 0 Å². The molecule has 0 radical (unpaired) electrons. The molecular formula is C14H23N5S. The second kappa shape index (κ2) is 6.18. The molecule has 20 heavy (non-hydrogen) atoms. The number of thioether (sulfide) groups is 1. The van der Waals surface area contributed by atoms with Gasteiger partial charge in [0.05, 0.1) is 0 Å². The van der Waals surface area contributed by atoms with Crippen LogP contribution in [0.5, 0.6) is 0 Å². The average molecular weight is 293 g/mol. The number of likely N-dealkylation sites (tertiary alicyclic amines) is 1. The molecule has 3 heterocycles. The summed E-state index contributed by atoms with van der Waals surface area (Å²) in [5.74, 6) is 1.56. The van der Waals surface area contributed by atoms with Crippen molar-refractivity contribution in [2.75, 3.05) is 43.1 Å². The minimum absolute atomic E-state index is 0.570. The number of piperidine rings is 1. The molecular weight excluding hydrogens is 270 g/mol. The molecule has 2 aliphatic rings. The molecule has 0 aliphatic carbocycles. The predicted octanol–water partition coefficient (Wildman–Crippen LogP) is 1.85. The summed E-state index contributed by atoms with van der Waals surface area (Å²) in [5.41, 5.74) is 5.88. The Morgan fingerprint density at radius 2 is 2.00 bits per heavy atom. The molecule has 5 nitrogen and oxygen atoms in total. The van der Waals surface area contributed by atoms with Crippen LogP contribution in [0.2, 0.25) is 0 Å². The number of hydrogen-bond acceptors (Lipinski definition) is 6. The lowest BCUT2D eigenvalue weighted by atomic mass is 10.1. The molecule has 0 amide bonds. The van der Waals surface area contributed by atoms with Crippen LogP contribution in [-0.2, 0) is 0 Å². The molecule has 1 unspecified atom stereocenters. The summed E-state index contributed by atoms with van der Waals surface area (Å²) in [5, 5.41) is 0.765. The lowest BCUT2D eigenvalue weighted by Crippen LogP contribution is -2.41. The molecule has 0 saturated carbocycles. The zero-order chi connectivity index (χ0) is 13.9. The van der Waals surface area contributed by atoms with Crippen molar-refractivity contribution >= 4 is 23.4 Å². The van der Waals surface area contributed by atoms with Gasteiger partial charge in [0.2, 0.25) is 0 Å². The van der Waals surface area contributed by atoms with E-state index in [0.717, 1.165) is 24.1 Å². The van der Waals surface area contributed by atoms with E-state index >= 15 is 0 Å². The zero-order valence-corrected chi connectivity index (χ0v) is 12.9. The summed E-state index contributed by atoms with van der Waals surface area (Å²) in [6.45, 7) is 4.68. The molecule has 2 saturated heterocycles. The Kier molecular flexibility index (Phi) is 4.31. The number of anilines is 2. The highest BCUT2D eigenvalue weighted by atomic mass is 32.2. The van der Waals surface area contributed by atoms with E-state index in [1.807, 2.05) is 12.3 Å². The van der Waals surface area contributed by atoms with Gasteiger partial charge >= 0.3 is 0 Å². The van der Waals surface area contributed by atoms with E-state index in [1.54, 1.807) is 11.8 Å². The third kappa shape index (κ3) is 3.01. The summed E-state index contributed by atoms with van der Waals surface area (Å²) < 4.78 is 0. The van der Waals surface area contributed by atoms with Crippen molar-refractivity contribution in [3.8, 4) is 0 Å². The molecule has 0 aromatic carbocycles. The Bertz CT molecular complexity index is 461. The summed E-state index contributed by atoms with van der Waals surface area (Å²) >= 11 is 1.55. The van der Waals surface area contributed by atoms with Crippen LogP contribution in [0.4, 0.5) is 11.6 Å². The van der Waals surface area contributed by atoms with Gasteiger partial charge in [-0.15, -0.1) is 0 Å². The normalized spacial score (nSPS) is 24.2. The molecule has 2 aliphatic heterocycles. The van der Waals surface area contributed by atoms with Gasteiger partial charge in [0.1, 0.15) is 11.6 Å². The molecule has 2 fully saturated rings. The molecule has 1 aromatic heterocycles. The number of aromatic nitrogens is 2. The first-order valence-corrected chi connectivity index (χ1v) is 8.66. The van der Waals surface area contributed by atoms with Gasteiger partial charge in [0.25, 0.3) is 0 Å². The van der Waals surface area contributed by atoms with Gasteiger partial charge in [-0.3, -0.25) is 4.90 Å². The van der Waals surface area contributed by atoms with E-state index in [1.165, 1.54) is 38.8 Å². The van der Waals surface area contributed by atoms with E-state index in [-0.39, 0.29) is 0 Å². The van der Waals surface area contributed by atoms with Crippen LogP contribution >= 0.6 is 11.8 Å². The van der Waals surface area contributed by atoms with E-state index in [4.69, 9.17) is 5.73 Å². The van der Waals surface area contributed by atoms with E-state index in [9.17, 15) is 0 Å². The minimum atomic E-state index is 0.570. The van der Waals surface area contributed by atoms with Crippen LogP contribution in [0.1, 0.15) is 25.7 Å². The first kappa shape index (κ1) is 13.9. The summed E-state index contributed by atoms with van der Waals surface area (Å²) in [4.78, 5) is 13.8. The molecule has 6 heteroatoms. The minimum Gasteiger partial charge on any atom is -0.383 e. The standard InChI is InChI=1S/C14H23N5S/c1-20-14-16-12(15)9-13(17-14)19-8-5-11(10-19)18-6-3-2-4-7-18/h9,11H,2-8,10H2,1H3,(H2,15,16,17). The maximum atomic E-state index is 5.88. The summed E-state index contributed by atoms with van der Waals surface area (Å²) in [7, 11) is 0. The van der Waals surface area contributed by atoms with Crippen molar-refractivity contribution in [2.45, 2.75) is 36.9 Å². The third-order valence-corrected chi connectivity index (χ3v) is 4.84. The van der Waals surface area contributed by atoms with Gasteiger partial charge in [-0.05, 0) is 38.6 Å². The van der Waals surface area contributed by atoms with Gasteiger partial charge in [-0.25, -0.2) is 9.97 Å². The second-order valence-electron chi connectivity index (χ2n) is 5.62. The predicted molar refractivity (Wildman–Crippen MR) is 84.3 cm³/mol. The Hall–Kier alpha value is -1.01. The molecule has 1 aromatic rings. The second-order valence-corrected chi connectivity index (χ2v) is 6.40. The van der Waals surface area contributed by atoms with Crippen molar-refractivity contribution in [1.82, 2.24) is 14.9 Å². The van der Waals surface area contributed by atoms with Crippen LogP contribution < -0.4 is 10.6 Å². The fourth-order valence-corrected chi connectivity index (χ4v) is 3.60. The number of rotatable bonds is 3. The first-order chi connectivity index (χ1) is 9.76. The number of nitrogen functional groups attached to an aromatic ring is 1. The maximum Gasteiger partial charge on any atom is 0.191 e. The lowest BCUT2D eigenvalue weighted by Gasteiger charge is -2.32. The third-order valence-electron chi connectivity index (χ3n) is 4.29. The first-order valence-electron chi connectivity index (χ1n) is 7.44. The number of nitrogens with zero attached hydrogens (tertiary/aromatic N) is 4. The lowest BCUT2D eigenvalue weighted by molar-refractivity contribution is 0.175. The molecule has 3 rings (SSSR count). The molecule has 0 spiro atoms. The molecule has 1 atom stereocenters. The van der Waals surface area contributed by atoms with Crippen LogP contribution in [0.15, 0.2) is 11.2 Å².